The van der Waals surface area contributed by atoms with Gasteiger partial charge < -0.3 is 4.52 Å². The van der Waals surface area contributed by atoms with Crippen molar-refractivity contribution in [2.75, 3.05) is 5.32 Å². The Hall–Kier alpha value is -2.87. The Morgan fingerprint density at radius 3 is 2.48 bits per heavy atom. The molecule has 0 spiro atoms. The Kier molecular flexibility index (Phi) is 3.98. The molecule has 8 heteroatoms. The van der Waals surface area contributed by atoms with Gasteiger partial charge in [0.1, 0.15) is 5.69 Å². The van der Waals surface area contributed by atoms with Gasteiger partial charge in [0.25, 0.3) is 11.8 Å². The number of amides is 1. The maximum atomic E-state index is 12.2. The zero-order valence-corrected chi connectivity index (χ0v) is 13.2. The first-order valence-corrected chi connectivity index (χ1v) is 7.59. The van der Waals surface area contributed by atoms with Gasteiger partial charge >= 0.3 is 0 Å². The fraction of sp³-hybridized carbons (Fsp3) is 0.133. The van der Waals surface area contributed by atoms with Gasteiger partial charge in [-0.3, -0.25) is 14.9 Å². The first kappa shape index (κ1) is 15.0. The van der Waals surface area contributed by atoms with Crippen molar-refractivity contribution in [3.8, 4) is 11.5 Å². The van der Waals surface area contributed by atoms with Gasteiger partial charge in [0, 0.05) is 23.4 Å². The van der Waals surface area contributed by atoms with E-state index in [4.69, 9.17) is 4.52 Å². The number of aryl methyl sites for hydroxylation is 1. The van der Waals surface area contributed by atoms with Crippen LogP contribution in [0.4, 0.5) is 5.13 Å². The standard InChI is InChI=1S/C15H12N4O3S/c1-8(20)12-7-23-15(17-12)18-13(21)10-3-5-11(6-4-10)14-16-9(2)19-22-14/h3-7H,1-2H3,(H,17,18,21). The number of hydrogen-bond acceptors (Lipinski definition) is 7. The van der Waals surface area contributed by atoms with E-state index in [9.17, 15) is 9.59 Å². The minimum Gasteiger partial charge on any atom is -0.334 e. The molecular formula is C15H12N4O3S. The van der Waals surface area contributed by atoms with E-state index in [-0.39, 0.29) is 11.7 Å². The van der Waals surface area contributed by atoms with Crippen molar-refractivity contribution < 1.29 is 14.1 Å². The van der Waals surface area contributed by atoms with Crippen LogP contribution in [-0.4, -0.2) is 26.8 Å². The summed E-state index contributed by atoms with van der Waals surface area (Å²) in [6.07, 6.45) is 0. The molecule has 0 aliphatic heterocycles. The summed E-state index contributed by atoms with van der Waals surface area (Å²) in [7, 11) is 0. The molecule has 2 aromatic heterocycles. The average Bonchev–Trinajstić information content (AvgIpc) is 3.16. The molecule has 0 aliphatic carbocycles. The summed E-state index contributed by atoms with van der Waals surface area (Å²) in [6.45, 7) is 3.16. The average molecular weight is 328 g/mol. The van der Waals surface area contributed by atoms with E-state index in [1.807, 2.05) is 0 Å². The van der Waals surface area contributed by atoms with Crippen LogP contribution in [0.1, 0.15) is 33.6 Å². The number of carbonyl (C=O) groups is 2. The van der Waals surface area contributed by atoms with Crippen LogP contribution in [0.3, 0.4) is 0 Å². The Bertz CT molecular complexity index is 867. The van der Waals surface area contributed by atoms with E-state index in [1.54, 1.807) is 36.6 Å². The summed E-state index contributed by atoms with van der Waals surface area (Å²) in [4.78, 5) is 31.5. The second-order valence-corrected chi connectivity index (χ2v) is 5.63. The highest BCUT2D eigenvalue weighted by molar-refractivity contribution is 7.14. The van der Waals surface area contributed by atoms with Crippen LogP contribution < -0.4 is 5.32 Å². The molecular weight excluding hydrogens is 316 g/mol. The third kappa shape index (κ3) is 3.32. The van der Waals surface area contributed by atoms with E-state index < -0.39 is 0 Å². The molecule has 1 amide bonds. The minimum atomic E-state index is -0.303. The SMILES string of the molecule is CC(=O)c1csc(NC(=O)c2ccc(-c3nc(C)no3)cc2)n1. The van der Waals surface area contributed by atoms with Crippen molar-refractivity contribution in [2.45, 2.75) is 13.8 Å². The van der Waals surface area contributed by atoms with Crippen molar-refractivity contribution in [1.82, 2.24) is 15.1 Å². The van der Waals surface area contributed by atoms with Crippen LogP contribution in [-0.2, 0) is 0 Å². The molecule has 0 bridgehead atoms. The normalized spacial score (nSPS) is 10.5. The van der Waals surface area contributed by atoms with Crippen LogP contribution in [0.25, 0.3) is 11.5 Å². The fourth-order valence-electron chi connectivity index (χ4n) is 1.84. The molecule has 1 aromatic carbocycles. The molecule has 2 heterocycles. The van der Waals surface area contributed by atoms with Gasteiger partial charge in [0.15, 0.2) is 16.7 Å². The minimum absolute atomic E-state index is 0.138. The quantitative estimate of drug-likeness (QED) is 0.739. The van der Waals surface area contributed by atoms with Gasteiger partial charge in [-0.15, -0.1) is 11.3 Å². The molecule has 3 aromatic rings. The summed E-state index contributed by atoms with van der Waals surface area (Å²) >= 11 is 1.21. The largest absolute Gasteiger partial charge is 0.334 e. The number of ketones is 1. The number of carbonyl (C=O) groups excluding carboxylic acids is 2. The first-order valence-electron chi connectivity index (χ1n) is 6.71. The van der Waals surface area contributed by atoms with Crippen molar-refractivity contribution in [3.63, 3.8) is 0 Å². The molecule has 0 saturated heterocycles. The Morgan fingerprint density at radius 2 is 1.91 bits per heavy atom. The number of rotatable bonds is 4. The highest BCUT2D eigenvalue weighted by atomic mass is 32.1. The summed E-state index contributed by atoms with van der Waals surface area (Å²) in [5.74, 6) is 0.510. The van der Waals surface area contributed by atoms with Crippen LogP contribution in [0.2, 0.25) is 0 Å². The lowest BCUT2D eigenvalue weighted by atomic mass is 10.1. The molecule has 0 radical (unpaired) electrons. The number of benzene rings is 1. The molecule has 0 fully saturated rings. The Labute approximate surface area is 135 Å². The molecule has 0 aliphatic rings. The zero-order chi connectivity index (χ0) is 16.4. The number of hydrogen-bond donors (Lipinski definition) is 1. The highest BCUT2D eigenvalue weighted by Gasteiger charge is 2.12. The molecule has 7 nitrogen and oxygen atoms in total. The maximum Gasteiger partial charge on any atom is 0.257 e. The third-order valence-electron chi connectivity index (χ3n) is 3.01. The first-order chi connectivity index (χ1) is 11.0. The van der Waals surface area contributed by atoms with E-state index in [0.29, 0.717) is 28.1 Å². The lowest BCUT2D eigenvalue weighted by Gasteiger charge is -2.02. The second-order valence-electron chi connectivity index (χ2n) is 4.77. The van der Waals surface area contributed by atoms with Gasteiger partial charge in [-0.1, -0.05) is 5.16 Å². The van der Waals surface area contributed by atoms with Crippen LogP contribution >= 0.6 is 11.3 Å². The lowest BCUT2D eigenvalue weighted by Crippen LogP contribution is -2.11. The van der Waals surface area contributed by atoms with E-state index in [0.717, 1.165) is 5.56 Å². The molecule has 0 atom stereocenters. The van der Waals surface area contributed by atoms with Crippen molar-refractivity contribution in [1.29, 1.82) is 0 Å². The van der Waals surface area contributed by atoms with Crippen molar-refractivity contribution >= 4 is 28.2 Å². The monoisotopic (exact) mass is 328 g/mol. The van der Waals surface area contributed by atoms with E-state index >= 15 is 0 Å². The van der Waals surface area contributed by atoms with Gasteiger partial charge in [0.2, 0.25) is 0 Å². The fourth-order valence-corrected chi connectivity index (χ4v) is 2.59. The van der Waals surface area contributed by atoms with Crippen LogP contribution in [0, 0.1) is 6.92 Å². The van der Waals surface area contributed by atoms with Gasteiger partial charge in [-0.05, 0) is 31.2 Å². The van der Waals surface area contributed by atoms with E-state index in [2.05, 4.69) is 20.4 Å². The second kappa shape index (κ2) is 6.09. The van der Waals surface area contributed by atoms with Crippen LogP contribution in [0.15, 0.2) is 34.2 Å². The maximum absolute atomic E-state index is 12.2. The number of nitrogens with one attached hydrogen (secondary N) is 1. The third-order valence-corrected chi connectivity index (χ3v) is 3.76. The smallest absolute Gasteiger partial charge is 0.257 e. The summed E-state index contributed by atoms with van der Waals surface area (Å²) in [6, 6.07) is 6.77. The summed E-state index contributed by atoms with van der Waals surface area (Å²) in [5.41, 5.74) is 1.53. The summed E-state index contributed by atoms with van der Waals surface area (Å²) < 4.78 is 5.07. The molecule has 0 unspecified atom stereocenters. The predicted octanol–water partition coefficient (Wildman–Crippen LogP) is 2.96. The zero-order valence-electron chi connectivity index (χ0n) is 12.4. The van der Waals surface area contributed by atoms with Gasteiger partial charge in [-0.25, -0.2) is 4.98 Å². The molecule has 23 heavy (non-hydrogen) atoms. The Morgan fingerprint density at radius 1 is 1.17 bits per heavy atom. The number of anilines is 1. The molecule has 1 N–H and O–H groups in total. The number of nitrogens with zero attached hydrogens (tertiary/aromatic N) is 3. The van der Waals surface area contributed by atoms with Crippen molar-refractivity contribution in [2.24, 2.45) is 0 Å². The lowest BCUT2D eigenvalue weighted by molar-refractivity contribution is 0.100. The topological polar surface area (TPSA) is 98.0 Å². The summed E-state index contributed by atoms with van der Waals surface area (Å²) in [5, 5.41) is 8.38. The molecule has 116 valence electrons. The van der Waals surface area contributed by atoms with Crippen LogP contribution in [0.5, 0.6) is 0 Å². The van der Waals surface area contributed by atoms with E-state index in [1.165, 1.54) is 18.3 Å². The van der Waals surface area contributed by atoms with Crippen molar-refractivity contribution in [3.05, 3.63) is 46.7 Å². The molecule has 0 saturated carbocycles. The highest BCUT2D eigenvalue weighted by Crippen LogP contribution is 2.20. The van der Waals surface area contributed by atoms with Gasteiger partial charge in [-0.2, -0.15) is 4.98 Å². The molecule has 3 rings (SSSR count). The predicted molar refractivity (Wildman–Crippen MR) is 84.5 cm³/mol. The number of Topliss-reactive ketones (excluding diaryl/α,β-unsaturated/α-hetero) is 1. The Balaban J connectivity index is 1.73. The number of thiazole rings is 1. The van der Waals surface area contributed by atoms with Gasteiger partial charge in [0.05, 0.1) is 0 Å². The number of aromatic nitrogens is 3.